The highest BCUT2D eigenvalue weighted by atomic mass is 14.8. The predicted molar refractivity (Wildman–Crippen MR) is 78.9 cm³/mol. The second-order valence-corrected chi connectivity index (χ2v) is 4.33. The molecule has 0 saturated carbocycles. The Bertz CT molecular complexity index is 666. The zero-order valence-electron chi connectivity index (χ0n) is 10.4. The number of benzene rings is 3. The summed E-state index contributed by atoms with van der Waals surface area (Å²) < 4.78 is 0. The SMILES string of the molecule is CNc1cccc2cccc(-c3ccccc3)c12. The van der Waals surface area contributed by atoms with Gasteiger partial charge in [0.2, 0.25) is 0 Å². The lowest BCUT2D eigenvalue weighted by molar-refractivity contribution is 1.54. The van der Waals surface area contributed by atoms with Gasteiger partial charge >= 0.3 is 0 Å². The van der Waals surface area contributed by atoms with Crippen LogP contribution in [0.25, 0.3) is 21.9 Å². The molecule has 1 nitrogen and oxygen atoms in total. The van der Waals surface area contributed by atoms with Crippen molar-refractivity contribution in [1.82, 2.24) is 0 Å². The Morgan fingerprint density at radius 2 is 1.44 bits per heavy atom. The molecular weight excluding hydrogens is 218 g/mol. The van der Waals surface area contributed by atoms with Crippen LogP contribution in [0.5, 0.6) is 0 Å². The summed E-state index contributed by atoms with van der Waals surface area (Å²) >= 11 is 0. The maximum atomic E-state index is 3.28. The summed E-state index contributed by atoms with van der Waals surface area (Å²) in [7, 11) is 1.97. The molecular formula is C17H15N. The normalized spacial score (nSPS) is 10.5. The van der Waals surface area contributed by atoms with Crippen LogP contribution < -0.4 is 5.32 Å². The third kappa shape index (κ3) is 1.74. The molecule has 0 spiro atoms. The number of hydrogen-bond donors (Lipinski definition) is 1. The van der Waals surface area contributed by atoms with E-state index in [0.717, 1.165) is 0 Å². The Balaban J connectivity index is 2.36. The minimum Gasteiger partial charge on any atom is -0.388 e. The minimum atomic E-state index is 1.17. The third-order valence-electron chi connectivity index (χ3n) is 3.26. The van der Waals surface area contributed by atoms with Crippen molar-refractivity contribution in [3.05, 3.63) is 66.7 Å². The maximum absolute atomic E-state index is 3.28. The molecule has 1 N–H and O–H groups in total. The van der Waals surface area contributed by atoms with Gasteiger partial charge in [0.25, 0.3) is 0 Å². The van der Waals surface area contributed by atoms with Gasteiger partial charge in [-0.25, -0.2) is 0 Å². The van der Waals surface area contributed by atoms with E-state index in [1.165, 1.54) is 27.6 Å². The maximum Gasteiger partial charge on any atom is 0.0423 e. The van der Waals surface area contributed by atoms with E-state index >= 15 is 0 Å². The van der Waals surface area contributed by atoms with E-state index < -0.39 is 0 Å². The fourth-order valence-corrected chi connectivity index (χ4v) is 2.41. The van der Waals surface area contributed by atoms with E-state index in [4.69, 9.17) is 0 Å². The predicted octanol–water partition coefficient (Wildman–Crippen LogP) is 4.55. The summed E-state index contributed by atoms with van der Waals surface area (Å²) in [5.41, 5.74) is 3.70. The first-order valence-electron chi connectivity index (χ1n) is 6.15. The molecule has 0 radical (unpaired) electrons. The van der Waals surface area contributed by atoms with Crippen LogP contribution in [-0.4, -0.2) is 7.05 Å². The van der Waals surface area contributed by atoms with Gasteiger partial charge < -0.3 is 5.32 Å². The van der Waals surface area contributed by atoms with Gasteiger partial charge in [0, 0.05) is 18.1 Å². The molecule has 0 aromatic heterocycles. The van der Waals surface area contributed by atoms with E-state index in [1.54, 1.807) is 0 Å². The van der Waals surface area contributed by atoms with Gasteiger partial charge in [-0.3, -0.25) is 0 Å². The zero-order chi connectivity index (χ0) is 12.4. The number of rotatable bonds is 2. The number of nitrogens with one attached hydrogen (secondary N) is 1. The molecule has 0 fully saturated rings. The zero-order valence-corrected chi connectivity index (χ0v) is 10.4. The summed E-state index contributed by atoms with van der Waals surface area (Å²) in [6.07, 6.45) is 0. The smallest absolute Gasteiger partial charge is 0.0423 e. The van der Waals surface area contributed by atoms with Crippen LogP contribution in [-0.2, 0) is 0 Å². The monoisotopic (exact) mass is 233 g/mol. The Morgan fingerprint density at radius 1 is 0.722 bits per heavy atom. The highest BCUT2D eigenvalue weighted by Crippen LogP contribution is 2.33. The number of anilines is 1. The Labute approximate surface area is 107 Å². The molecule has 0 saturated heterocycles. The van der Waals surface area contributed by atoms with Gasteiger partial charge in [-0.2, -0.15) is 0 Å². The molecule has 0 amide bonds. The van der Waals surface area contributed by atoms with Crippen molar-refractivity contribution in [2.45, 2.75) is 0 Å². The largest absolute Gasteiger partial charge is 0.388 e. The second-order valence-electron chi connectivity index (χ2n) is 4.33. The Morgan fingerprint density at radius 3 is 2.17 bits per heavy atom. The minimum absolute atomic E-state index is 1.17. The molecule has 0 aliphatic rings. The van der Waals surface area contributed by atoms with Crippen LogP contribution in [0.3, 0.4) is 0 Å². The first-order valence-corrected chi connectivity index (χ1v) is 6.15. The number of fused-ring (bicyclic) bond motifs is 1. The molecule has 0 aliphatic carbocycles. The summed E-state index contributed by atoms with van der Waals surface area (Å²) in [6.45, 7) is 0. The third-order valence-corrected chi connectivity index (χ3v) is 3.26. The van der Waals surface area contributed by atoms with Crippen LogP contribution in [0, 0.1) is 0 Å². The van der Waals surface area contributed by atoms with Crippen molar-refractivity contribution < 1.29 is 0 Å². The quantitative estimate of drug-likeness (QED) is 0.684. The Kier molecular flexibility index (Phi) is 2.73. The van der Waals surface area contributed by atoms with Gasteiger partial charge in [0.15, 0.2) is 0 Å². The molecule has 1 heteroatoms. The lowest BCUT2D eigenvalue weighted by Crippen LogP contribution is -1.91. The van der Waals surface area contributed by atoms with E-state index in [2.05, 4.69) is 66.0 Å². The molecule has 0 aliphatic heterocycles. The first-order chi connectivity index (χ1) is 8.90. The second kappa shape index (κ2) is 4.53. The number of hydrogen-bond acceptors (Lipinski definition) is 1. The van der Waals surface area contributed by atoms with Crippen LogP contribution in [0.1, 0.15) is 0 Å². The molecule has 88 valence electrons. The molecule has 0 bridgehead atoms. The summed E-state index contributed by atoms with van der Waals surface area (Å²) in [5.74, 6) is 0. The van der Waals surface area contributed by atoms with Crippen LogP contribution >= 0.6 is 0 Å². The fraction of sp³-hybridized carbons (Fsp3) is 0.0588. The standard InChI is InChI=1S/C17H15N/c1-18-16-12-6-10-14-9-5-11-15(17(14)16)13-7-3-2-4-8-13/h2-12,18H,1H3. The molecule has 18 heavy (non-hydrogen) atoms. The van der Waals surface area contributed by atoms with Crippen molar-refractivity contribution in [1.29, 1.82) is 0 Å². The van der Waals surface area contributed by atoms with Crippen molar-refractivity contribution >= 4 is 16.5 Å². The molecule has 3 aromatic rings. The average molecular weight is 233 g/mol. The fourth-order valence-electron chi connectivity index (χ4n) is 2.41. The van der Waals surface area contributed by atoms with Gasteiger partial charge in [-0.05, 0) is 22.6 Å². The Hall–Kier alpha value is -2.28. The average Bonchev–Trinajstić information content (AvgIpc) is 2.47. The van der Waals surface area contributed by atoms with Gasteiger partial charge in [-0.1, -0.05) is 60.7 Å². The highest BCUT2D eigenvalue weighted by Gasteiger charge is 2.06. The summed E-state index contributed by atoms with van der Waals surface area (Å²) in [4.78, 5) is 0. The van der Waals surface area contributed by atoms with Gasteiger partial charge in [0.1, 0.15) is 0 Å². The van der Waals surface area contributed by atoms with Gasteiger partial charge in [0.05, 0.1) is 0 Å². The molecule has 0 unspecified atom stereocenters. The first kappa shape index (κ1) is 10.8. The molecule has 3 aromatic carbocycles. The summed E-state index contributed by atoms with van der Waals surface area (Å²) in [5, 5.41) is 5.83. The topological polar surface area (TPSA) is 12.0 Å². The van der Waals surface area contributed by atoms with E-state index in [0.29, 0.717) is 0 Å². The van der Waals surface area contributed by atoms with Crippen LogP contribution in [0.4, 0.5) is 5.69 Å². The molecule has 3 rings (SSSR count). The van der Waals surface area contributed by atoms with Crippen LogP contribution in [0.2, 0.25) is 0 Å². The van der Waals surface area contributed by atoms with Crippen molar-refractivity contribution in [2.24, 2.45) is 0 Å². The highest BCUT2D eigenvalue weighted by molar-refractivity contribution is 6.04. The van der Waals surface area contributed by atoms with Crippen molar-refractivity contribution in [3.63, 3.8) is 0 Å². The lowest BCUT2D eigenvalue weighted by Gasteiger charge is -2.11. The van der Waals surface area contributed by atoms with Gasteiger partial charge in [-0.15, -0.1) is 0 Å². The van der Waals surface area contributed by atoms with E-state index in [9.17, 15) is 0 Å². The van der Waals surface area contributed by atoms with Crippen molar-refractivity contribution in [2.75, 3.05) is 12.4 Å². The van der Waals surface area contributed by atoms with E-state index in [1.807, 2.05) is 13.1 Å². The van der Waals surface area contributed by atoms with Crippen molar-refractivity contribution in [3.8, 4) is 11.1 Å². The lowest BCUT2D eigenvalue weighted by atomic mass is 9.97. The summed E-state index contributed by atoms with van der Waals surface area (Å²) in [6, 6.07) is 23.3. The molecule has 0 atom stereocenters. The molecule has 0 heterocycles. The van der Waals surface area contributed by atoms with Crippen LogP contribution in [0.15, 0.2) is 66.7 Å². The van der Waals surface area contributed by atoms with E-state index in [-0.39, 0.29) is 0 Å².